The van der Waals surface area contributed by atoms with Crippen molar-refractivity contribution in [3.8, 4) is 0 Å². The molecule has 3 nitrogen and oxygen atoms in total. The maximum atomic E-state index is 12.7. The number of ether oxygens (including phenoxy) is 1. The highest BCUT2D eigenvalue weighted by atomic mass is 16.6. The molecule has 0 heterocycles. The van der Waals surface area contributed by atoms with Gasteiger partial charge in [-0.15, -0.1) is 0 Å². The van der Waals surface area contributed by atoms with Gasteiger partial charge in [0.25, 0.3) is 0 Å². The van der Waals surface area contributed by atoms with Gasteiger partial charge in [-0.25, -0.2) is 4.79 Å². The van der Waals surface area contributed by atoms with Gasteiger partial charge in [0, 0.05) is 5.56 Å². The van der Waals surface area contributed by atoms with Crippen molar-refractivity contribution in [2.75, 3.05) is 0 Å². The zero-order valence-electron chi connectivity index (χ0n) is 15.5. The number of aldehydes is 1. The second kappa shape index (κ2) is 8.80. The zero-order chi connectivity index (χ0) is 18.3. The van der Waals surface area contributed by atoms with Crippen LogP contribution in [-0.4, -0.2) is 17.9 Å². The zero-order valence-corrected chi connectivity index (χ0v) is 15.5. The molecule has 0 aliphatic rings. The van der Waals surface area contributed by atoms with Crippen molar-refractivity contribution < 1.29 is 14.3 Å². The first kappa shape index (κ1) is 19.2. The van der Waals surface area contributed by atoms with Crippen LogP contribution < -0.4 is 0 Å². The quantitative estimate of drug-likeness (QED) is 0.322. The summed E-state index contributed by atoms with van der Waals surface area (Å²) in [6, 6.07) is 10.9. The first-order valence-electron chi connectivity index (χ1n) is 9.29. The fourth-order valence-electron chi connectivity index (χ4n) is 3.22. The lowest BCUT2D eigenvalue weighted by Gasteiger charge is -2.31. The normalized spacial score (nSPS) is 11.5. The van der Waals surface area contributed by atoms with Crippen LogP contribution >= 0.6 is 0 Å². The van der Waals surface area contributed by atoms with E-state index in [4.69, 9.17) is 4.74 Å². The molecule has 0 amide bonds. The van der Waals surface area contributed by atoms with Crippen molar-refractivity contribution >= 4 is 23.0 Å². The van der Waals surface area contributed by atoms with E-state index < -0.39 is 0 Å². The van der Waals surface area contributed by atoms with Crippen LogP contribution in [0, 0.1) is 0 Å². The van der Waals surface area contributed by atoms with Crippen molar-refractivity contribution in [3.63, 3.8) is 0 Å². The van der Waals surface area contributed by atoms with Crippen LogP contribution in [0.2, 0.25) is 0 Å². The Balaban J connectivity index is 2.20. The molecule has 0 saturated heterocycles. The maximum Gasteiger partial charge on any atom is 0.338 e. The summed E-state index contributed by atoms with van der Waals surface area (Å²) in [5.74, 6) is -0.262. The summed E-state index contributed by atoms with van der Waals surface area (Å²) in [6.45, 7) is 6.35. The van der Waals surface area contributed by atoms with Gasteiger partial charge in [0.1, 0.15) is 11.9 Å². The molecule has 134 valence electrons. The second-order valence-electron chi connectivity index (χ2n) is 6.68. The van der Waals surface area contributed by atoms with Crippen molar-refractivity contribution in [2.24, 2.45) is 0 Å². The number of carbonyl (C=O) groups excluding carboxylic acids is 2. The monoisotopic (exact) mass is 340 g/mol. The van der Waals surface area contributed by atoms with Crippen LogP contribution in [0.25, 0.3) is 10.8 Å². The van der Waals surface area contributed by atoms with Gasteiger partial charge in [-0.3, -0.25) is 4.79 Å². The standard InChI is InChI=1S/C22H28O3/c1-4-7-8-13-22(5-2,6-3)25-21(24)20-12-11-18-14-17(16-23)9-10-19(18)15-20/h9-12,14-16H,4-8,13H2,1-3H3. The van der Waals surface area contributed by atoms with E-state index >= 15 is 0 Å². The summed E-state index contributed by atoms with van der Waals surface area (Å²) >= 11 is 0. The first-order chi connectivity index (χ1) is 12.1. The Bertz CT molecular complexity index is 729. The molecule has 0 aromatic heterocycles. The van der Waals surface area contributed by atoms with E-state index in [1.54, 1.807) is 12.1 Å². The molecule has 0 unspecified atom stereocenters. The summed E-state index contributed by atoms with van der Waals surface area (Å²) in [4.78, 5) is 23.6. The lowest BCUT2D eigenvalue weighted by molar-refractivity contribution is -0.0285. The molecular weight excluding hydrogens is 312 g/mol. The molecule has 0 fully saturated rings. The van der Waals surface area contributed by atoms with Gasteiger partial charge in [-0.05, 0) is 54.7 Å². The average Bonchev–Trinajstić information content (AvgIpc) is 2.66. The van der Waals surface area contributed by atoms with Crippen LogP contribution in [0.15, 0.2) is 36.4 Å². The van der Waals surface area contributed by atoms with Crippen LogP contribution in [0.4, 0.5) is 0 Å². The van der Waals surface area contributed by atoms with E-state index in [-0.39, 0.29) is 11.6 Å². The minimum Gasteiger partial charge on any atom is -0.456 e. The van der Waals surface area contributed by atoms with Crippen LogP contribution in [0.1, 0.15) is 80.0 Å². The van der Waals surface area contributed by atoms with E-state index in [9.17, 15) is 9.59 Å². The molecule has 0 spiro atoms. The Kier molecular flexibility index (Phi) is 6.74. The fraction of sp³-hybridized carbons (Fsp3) is 0.455. The third-order valence-electron chi connectivity index (χ3n) is 5.07. The predicted octanol–water partition coefficient (Wildman–Crippen LogP) is 5.95. The minimum atomic E-state index is -0.372. The largest absolute Gasteiger partial charge is 0.456 e. The van der Waals surface area contributed by atoms with Gasteiger partial charge >= 0.3 is 5.97 Å². The van der Waals surface area contributed by atoms with Gasteiger partial charge in [0.15, 0.2) is 0 Å². The van der Waals surface area contributed by atoms with E-state index in [1.165, 1.54) is 0 Å². The summed E-state index contributed by atoms with van der Waals surface area (Å²) in [6.07, 6.45) is 6.80. The maximum absolute atomic E-state index is 12.7. The highest BCUT2D eigenvalue weighted by Gasteiger charge is 2.30. The predicted molar refractivity (Wildman–Crippen MR) is 102 cm³/mol. The molecule has 3 heteroatoms. The number of esters is 1. The third-order valence-corrected chi connectivity index (χ3v) is 5.07. The average molecular weight is 340 g/mol. The Hall–Kier alpha value is -2.16. The van der Waals surface area contributed by atoms with Crippen molar-refractivity contribution in [2.45, 2.75) is 64.9 Å². The number of carbonyl (C=O) groups is 2. The molecule has 0 radical (unpaired) electrons. The summed E-state index contributed by atoms with van der Waals surface area (Å²) in [5, 5.41) is 1.88. The van der Waals surface area contributed by atoms with Gasteiger partial charge in [0.05, 0.1) is 5.56 Å². The molecule has 25 heavy (non-hydrogen) atoms. The highest BCUT2D eigenvalue weighted by molar-refractivity contribution is 5.97. The van der Waals surface area contributed by atoms with Gasteiger partial charge in [-0.2, -0.15) is 0 Å². The first-order valence-corrected chi connectivity index (χ1v) is 9.29. The molecule has 2 aromatic rings. The van der Waals surface area contributed by atoms with Gasteiger partial charge in [-0.1, -0.05) is 51.8 Å². The van der Waals surface area contributed by atoms with Crippen molar-refractivity contribution in [1.29, 1.82) is 0 Å². The van der Waals surface area contributed by atoms with E-state index in [0.717, 1.165) is 55.6 Å². The van der Waals surface area contributed by atoms with Crippen LogP contribution in [0.5, 0.6) is 0 Å². The molecule has 0 aliphatic carbocycles. The number of rotatable bonds is 9. The molecule has 0 N–H and O–H groups in total. The number of unbranched alkanes of at least 4 members (excludes halogenated alkanes) is 2. The topological polar surface area (TPSA) is 43.4 Å². The lowest BCUT2D eigenvalue weighted by Crippen LogP contribution is -2.34. The van der Waals surface area contributed by atoms with E-state index in [0.29, 0.717) is 11.1 Å². The van der Waals surface area contributed by atoms with Crippen molar-refractivity contribution in [1.82, 2.24) is 0 Å². The fourth-order valence-corrected chi connectivity index (χ4v) is 3.22. The van der Waals surface area contributed by atoms with Gasteiger partial charge in [0.2, 0.25) is 0 Å². The van der Waals surface area contributed by atoms with E-state index in [1.807, 2.05) is 24.3 Å². The minimum absolute atomic E-state index is 0.262. The summed E-state index contributed by atoms with van der Waals surface area (Å²) < 4.78 is 5.97. The Morgan fingerprint density at radius 3 is 2.32 bits per heavy atom. The molecule has 0 saturated carbocycles. The summed E-state index contributed by atoms with van der Waals surface area (Å²) in [7, 11) is 0. The van der Waals surface area contributed by atoms with Crippen LogP contribution in [-0.2, 0) is 4.74 Å². The Labute approximate surface area is 150 Å². The molecule has 2 rings (SSSR count). The smallest absolute Gasteiger partial charge is 0.338 e. The SMILES string of the molecule is CCCCCC(CC)(CC)OC(=O)c1ccc2cc(C=O)ccc2c1. The number of fused-ring (bicyclic) bond motifs is 1. The number of hydrogen-bond acceptors (Lipinski definition) is 3. The number of benzene rings is 2. The molecule has 0 bridgehead atoms. The summed E-state index contributed by atoms with van der Waals surface area (Å²) in [5.41, 5.74) is 0.825. The molecule has 2 aromatic carbocycles. The second-order valence-corrected chi connectivity index (χ2v) is 6.68. The van der Waals surface area contributed by atoms with E-state index in [2.05, 4.69) is 20.8 Å². The highest BCUT2D eigenvalue weighted by Crippen LogP contribution is 2.29. The lowest BCUT2D eigenvalue weighted by atomic mass is 9.90. The Morgan fingerprint density at radius 1 is 1.00 bits per heavy atom. The molecular formula is C22H28O3. The van der Waals surface area contributed by atoms with Crippen molar-refractivity contribution in [3.05, 3.63) is 47.5 Å². The third kappa shape index (κ3) is 4.68. The molecule has 0 aliphatic heterocycles. The van der Waals surface area contributed by atoms with Crippen LogP contribution in [0.3, 0.4) is 0 Å². The Morgan fingerprint density at radius 2 is 1.68 bits per heavy atom. The number of hydrogen-bond donors (Lipinski definition) is 0. The molecule has 0 atom stereocenters. The van der Waals surface area contributed by atoms with Gasteiger partial charge < -0.3 is 4.74 Å².